The van der Waals surface area contributed by atoms with Crippen LogP contribution in [-0.2, 0) is 9.59 Å². The van der Waals surface area contributed by atoms with Crippen molar-refractivity contribution in [3.63, 3.8) is 0 Å². The number of nitrogens with zero attached hydrogens (tertiary/aromatic N) is 1. The summed E-state index contributed by atoms with van der Waals surface area (Å²) in [6, 6.07) is -0.848. The molecule has 2 amide bonds. The van der Waals surface area contributed by atoms with Crippen LogP contribution in [0, 0.1) is 0 Å². The van der Waals surface area contributed by atoms with Crippen LogP contribution in [0.15, 0.2) is 0 Å². The van der Waals surface area contributed by atoms with E-state index in [0.29, 0.717) is 13.1 Å². The molecule has 2 atom stereocenters. The second-order valence-electron chi connectivity index (χ2n) is 3.85. The minimum Gasteiger partial charge on any atom is -0.355 e. The number of carbonyl (C=O) groups is 2. The molecule has 0 spiro atoms. The lowest BCUT2D eigenvalue weighted by Gasteiger charge is -2.34. The molecule has 3 N–H and O–H groups in total. The minimum atomic E-state index is -0.435. The summed E-state index contributed by atoms with van der Waals surface area (Å²) in [5, 5.41) is 2.70. The molecule has 1 rings (SSSR count). The van der Waals surface area contributed by atoms with Crippen LogP contribution in [0.1, 0.15) is 26.7 Å². The van der Waals surface area contributed by atoms with Gasteiger partial charge in [0, 0.05) is 13.1 Å². The first-order valence-electron chi connectivity index (χ1n) is 5.41. The highest BCUT2D eigenvalue weighted by atomic mass is 16.2. The first kappa shape index (κ1) is 12.0. The Morgan fingerprint density at radius 2 is 2.40 bits per heavy atom. The maximum Gasteiger partial charge on any atom is 0.242 e. The van der Waals surface area contributed by atoms with E-state index in [-0.39, 0.29) is 11.8 Å². The van der Waals surface area contributed by atoms with Gasteiger partial charge in [0.05, 0.1) is 6.04 Å². The zero-order valence-electron chi connectivity index (χ0n) is 9.32. The van der Waals surface area contributed by atoms with E-state index >= 15 is 0 Å². The molecule has 0 unspecified atom stereocenters. The first-order chi connectivity index (χ1) is 7.07. The lowest BCUT2D eigenvalue weighted by atomic mass is 10.0. The highest BCUT2D eigenvalue weighted by Crippen LogP contribution is 2.13. The number of carbonyl (C=O) groups excluding carboxylic acids is 2. The fraction of sp³-hybridized carbons (Fsp3) is 0.800. The van der Waals surface area contributed by atoms with E-state index in [1.807, 2.05) is 6.92 Å². The van der Waals surface area contributed by atoms with E-state index in [4.69, 9.17) is 5.73 Å². The van der Waals surface area contributed by atoms with Crippen molar-refractivity contribution in [3.05, 3.63) is 0 Å². The summed E-state index contributed by atoms with van der Waals surface area (Å²) < 4.78 is 0. The van der Waals surface area contributed by atoms with Crippen LogP contribution in [0.3, 0.4) is 0 Å². The van der Waals surface area contributed by atoms with Gasteiger partial charge in [0.1, 0.15) is 6.04 Å². The maximum atomic E-state index is 11.7. The molecule has 1 saturated heterocycles. The Balaban J connectivity index is 2.61. The number of hydrogen-bond acceptors (Lipinski definition) is 3. The molecular formula is C10H19N3O2. The van der Waals surface area contributed by atoms with E-state index in [9.17, 15) is 9.59 Å². The third-order valence-corrected chi connectivity index (χ3v) is 2.71. The van der Waals surface area contributed by atoms with Crippen molar-refractivity contribution in [2.45, 2.75) is 38.8 Å². The van der Waals surface area contributed by atoms with Crippen molar-refractivity contribution in [2.24, 2.45) is 5.73 Å². The zero-order chi connectivity index (χ0) is 11.4. The van der Waals surface area contributed by atoms with Crippen LogP contribution in [-0.4, -0.2) is 41.9 Å². The molecule has 1 fully saturated rings. The fourth-order valence-electron chi connectivity index (χ4n) is 1.78. The van der Waals surface area contributed by atoms with Gasteiger partial charge in [-0.05, 0) is 26.7 Å². The van der Waals surface area contributed by atoms with E-state index in [1.165, 1.54) is 0 Å². The SMILES string of the molecule is CCNC(=O)[C@H](C)N1CCC[C@H](N)C1=O. The van der Waals surface area contributed by atoms with E-state index in [0.717, 1.165) is 12.8 Å². The number of nitrogens with two attached hydrogens (primary N) is 1. The summed E-state index contributed by atoms with van der Waals surface area (Å²) in [5.41, 5.74) is 5.66. The second-order valence-corrected chi connectivity index (χ2v) is 3.85. The molecule has 0 aromatic carbocycles. The molecule has 0 aliphatic carbocycles. The number of likely N-dealkylation sites (N-methyl/N-ethyl adjacent to an activating group) is 1. The van der Waals surface area contributed by atoms with E-state index in [1.54, 1.807) is 11.8 Å². The predicted molar refractivity (Wildman–Crippen MR) is 57.1 cm³/mol. The monoisotopic (exact) mass is 213 g/mol. The van der Waals surface area contributed by atoms with E-state index in [2.05, 4.69) is 5.32 Å². The Morgan fingerprint density at radius 3 is 3.00 bits per heavy atom. The molecule has 0 radical (unpaired) electrons. The Morgan fingerprint density at radius 1 is 1.73 bits per heavy atom. The molecular weight excluding hydrogens is 194 g/mol. The molecule has 5 heteroatoms. The quantitative estimate of drug-likeness (QED) is 0.661. The van der Waals surface area contributed by atoms with Gasteiger partial charge < -0.3 is 16.0 Å². The van der Waals surface area contributed by atoms with Crippen LogP contribution in [0.4, 0.5) is 0 Å². The Hall–Kier alpha value is -1.10. The Kier molecular flexibility index (Phi) is 4.08. The van der Waals surface area contributed by atoms with Gasteiger partial charge in [0.25, 0.3) is 0 Å². The average Bonchev–Trinajstić information content (AvgIpc) is 2.21. The Labute approximate surface area is 90.0 Å². The van der Waals surface area contributed by atoms with Crippen molar-refractivity contribution < 1.29 is 9.59 Å². The van der Waals surface area contributed by atoms with Gasteiger partial charge in [0.2, 0.25) is 11.8 Å². The van der Waals surface area contributed by atoms with Crippen LogP contribution in [0.2, 0.25) is 0 Å². The highest BCUT2D eigenvalue weighted by Gasteiger charge is 2.31. The lowest BCUT2D eigenvalue weighted by Crippen LogP contribution is -2.55. The summed E-state index contributed by atoms with van der Waals surface area (Å²) in [6.45, 7) is 4.80. The largest absolute Gasteiger partial charge is 0.355 e. The molecule has 0 saturated carbocycles. The van der Waals surface area contributed by atoms with Crippen LogP contribution in [0.25, 0.3) is 0 Å². The lowest BCUT2D eigenvalue weighted by molar-refractivity contribution is -0.142. The van der Waals surface area contributed by atoms with Gasteiger partial charge in [-0.1, -0.05) is 0 Å². The van der Waals surface area contributed by atoms with Crippen molar-refractivity contribution >= 4 is 11.8 Å². The maximum absolute atomic E-state index is 11.7. The summed E-state index contributed by atoms with van der Waals surface area (Å²) in [4.78, 5) is 24.8. The molecule has 1 heterocycles. The summed E-state index contributed by atoms with van der Waals surface area (Å²) in [5.74, 6) is -0.222. The van der Waals surface area contributed by atoms with Gasteiger partial charge in [-0.15, -0.1) is 0 Å². The van der Waals surface area contributed by atoms with Crippen LogP contribution in [0.5, 0.6) is 0 Å². The number of nitrogens with one attached hydrogen (secondary N) is 1. The number of likely N-dealkylation sites (tertiary alicyclic amines) is 1. The highest BCUT2D eigenvalue weighted by molar-refractivity contribution is 5.89. The number of amides is 2. The third kappa shape index (κ3) is 2.68. The summed E-state index contributed by atoms with van der Waals surface area (Å²) in [7, 11) is 0. The Bertz CT molecular complexity index is 255. The molecule has 86 valence electrons. The smallest absolute Gasteiger partial charge is 0.242 e. The third-order valence-electron chi connectivity index (χ3n) is 2.71. The predicted octanol–water partition coefficient (Wildman–Crippen LogP) is -0.539. The summed E-state index contributed by atoms with van der Waals surface area (Å²) in [6.07, 6.45) is 1.59. The van der Waals surface area contributed by atoms with Gasteiger partial charge in [-0.2, -0.15) is 0 Å². The molecule has 0 aromatic rings. The molecule has 1 aliphatic rings. The average molecular weight is 213 g/mol. The second kappa shape index (κ2) is 5.11. The number of hydrogen-bond donors (Lipinski definition) is 2. The topological polar surface area (TPSA) is 75.4 Å². The van der Waals surface area contributed by atoms with Crippen molar-refractivity contribution in [1.82, 2.24) is 10.2 Å². The van der Waals surface area contributed by atoms with Gasteiger partial charge >= 0.3 is 0 Å². The van der Waals surface area contributed by atoms with E-state index < -0.39 is 12.1 Å². The normalized spacial score (nSPS) is 23.8. The first-order valence-corrected chi connectivity index (χ1v) is 5.41. The number of piperidine rings is 1. The van der Waals surface area contributed by atoms with Crippen molar-refractivity contribution in [1.29, 1.82) is 0 Å². The van der Waals surface area contributed by atoms with Crippen molar-refractivity contribution in [2.75, 3.05) is 13.1 Å². The van der Waals surface area contributed by atoms with Gasteiger partial charge in [0.15, 0.2) is 0 Å². The molecule has 1 aliphatic heterocycles. The van der Waals surface area contributed by atoms with Crippen molar-refractivity contribution in [3.8, 4) is 0 Å². The molecule has 15 heavy (non-hydrogen) atoms. The van der Waals surface area contributed by atoms with Gasteiger partial charge in [-0.25, -0.2) is 0 Å². The van der Waals surface area contributed by atoms with Gasteiger partial charge in [-0.3, -0.25) is 9.59 Å². The zero-order valence-corrected chi connectivity index (χ0v) is 9.32. The minimum absolute atomic E-state index is 0.111. The fourth-order valence-corrected chi connectivity index (χ4v) is 1.78. The molecule has 5 nitrogen and oxygen atoms in total. The summed E-state index contributed by atoms with van der Waals surface area (Å²) >= 11 is 0. The number of rotatable bonds is 3. The standard InChI is InChI=1S/C10H19N3O2/c1-3-12-9(14)7(2)13-6-4-5-8(11)10(13)15/h7-8H,3-6,11H2,1-2H3,(H,12,14)/t7-,8-/m0/s1. The van der Waals surface area contributed by atoms with Crippen LogP contribution < -0.4 is 11.1 Å². The molecule has 0 bridgehead atoms. The van der Waals surface area contributed by atoms with Crippen LogP contribution >= 0.6 is 0 Å². The molecule has 0 aromatic heterocycles.